The largest absolute Gasteiger partial charge is 0.497 e. The van der Waals surface area contributed by atoms with Gasteiger partial charge in [0.05, 0.1) is 7.11 Å². The van der Waals surface area contributed by atoms with Crippen LogP contribution in [0.2, 0.25) is 0 Å². The van der Waals surface area contributed by atoms with E-state index in [1.807, 2.05) is 24.3 Å². The second kappa shape index (κ2) is 9.03. The van der Waals surface area contributed by atoms with Gasteiger partial charge in [-0.05, 0) is 41.7 Å². The predicted octanol–water partition coefficient (Wildman–Crippen LogP) is 5.01. The normalized spacial score (nSPS) is 10.7. The van der Waals surface area contributed by atoms with Crippen molar-refractivity contribution in [3.05, 3.63) is 72.1 Å². The molecule has 1 heterocycles. The van der Waals surface area contributed by atoms with Crippen molar-refractivity contribution >= 4 is 17.3 Å². The molecule has 0 bridgehead atoms. The van der Waals surface area contributed by atoms with E-state index in [9.17, 15) is 0 Å². The summed E-state index contributed by atoms with van der Waals surface area (Å²) in [5.41, 5.74) is 3.60. The number of nitrogens with one attached hydrogen (secondary N) is 2. The number of hydrogen-bond acceptors (Lipinski definition) is 5. The van der Waals surface area contributed by atoms with Crippen molar-refractivity contribution in [3.63, 3.8) is 0 Å². The van der Waals surface area contributed by atoms with Crippen LogP contribution in [0.25, 0.3) is 0 Å². The minimum Gasteiger partial charge on any atom is -0.497 e. The minimum atomic E-state index is 0.442. The summed E-state index contributed by atoms with van der Waals surface area (Å²) in [4.78, 5) is 8.66. The summed E-state index contributed by atoms with van der Waals surface area (Å²) in [6, 6.07) is 18.4. The predicted molar refractivity (Wildman–Crippen MR) is 111 cm³/mol. The first kappa shape index (κ1) is 18.7. The monoisotopic (exact) mass is 362 g/mol. The van der Waals surface area contributed by atoms with Gasteiger partial charge in [-0.1, -0.05) is 44.2 Å². The molecule has 0 unspecified atom stereocenters. The molecule has 0 aliphatic heterocycles. The zero-order valence-electron chi connectivity index (χ0n) is 16.1. The van der Waals surface area contributed by atoms with E-state index in [4.69, 9.17) is 4.74 Å². The maximum Gasteiger partial charge on any atom is 0.135 e. The van der Waals surface area contributed by atoms with Crippen LogP contribution in [-0.2, 0) is 6.42 Å². The molecule has 0 aliphatic carbocycles. The van der Waals surface area contributed by atoms with E-state index in [0.29, 0.717) is 5.92 Å². The van der Waals surface area contributed by atoms with Crippen LogP contribution in [-0.4, -0.2) is 23.6 Å². The van der Waals surface area contributed by atoms with Crippen molar-refractivity contribution < 1.29 is 4.74 Å². The fourth-order valence-corrected chi connectivity index (χ4v) is 2.90. The van der Waals surface area contributed by atoms with Crippen LogP contribution in [0.1, 0.15) is 30.9 Å². The van der Waals surface area contributed by atoms with Crippen molar-refractivity contribution in [3.8, 4) is 5.75 Å². The summed E-state index contributed by atoms with van der Waals surface area (Å²) in [5.74, 6) is 2.91. The molecule has 0 fully saturated rings. The van der Waals surface area contributed by atoms with Crippen molar-refractivity contribution in [1.82, 2.24) is 9.97 Å². The highest BCUT2D eigenvalue weighted by Crippen LogP contribution is 2.26. The van der Waals surface area contributed by atoms with Gasteiger partial charge in [-0.15, -0.1) is 0 Å². The number of rotatable bonds is 8. The van der Waals surface area contributed by atoms with E-state index in [1.54, 1.807) is 13.4 Å². The molecule has 1 aromatic heterocycles. The van der Waals surface area contributed by atoms with Gasteiger partial charge in [-0.2, -0.15) is 0 Å². The van der Waals surface area contributed by atoms with Crippen LogP contribution in [0.15, 0.2) is 60.9 Å². The van der Waals surface area contributed by atoms with Gasteiger partial charge in [0, 0.05) is 18.3 Å². The molecule has 2 aromatic carbocycles. The Hall–Kier alpha value is -3.08. The second-order valence-corrected chi connectivity index (χ2v) is 6.68. The van der Waals surface area contributed by atoms with Crippen LogP contribution < -0.4 is 15.4 Å². The number of aromatic nitrogens is 2. The van der Waals surface area contributed by atoms with Gasteiger partial charge >= 0.3 is 0 Å². The molecular formula is C22H26N4O. The first-order chi connectivity index (χ1) is 13.2. The molecule has 0 spiro atoms. The molecule has 0 radical (unpaired) electrons. The average Bonchev–Trinajstić information content (AvgIpc) is 2.69. The number of benzene rings is 2. The van der Waals surface area contributed by atoms with Gasteiger partial charge in [-0.3, -0.25) is 0 Å². The summed E-state index contributed by atoms with van der Waals surface area (Å²) in [6.07, 6.45) is 2.49. The summed E-state index contributed by atoms with van der Waals surface area (Å²) in [5, 5.41) is 6.77. The number of nitrogens with zero attached hydrogens (tertiary/aromatic N) is 2. The van der Waals surface area contributed by atoms with E-state index < -0.39 is 0 Å². The summed E-state index contributed by atoms with van der Waals surface area (Å²) < 4.78 is 5.19. The third kappa shape index (κ3) is 5.20. The average molecular weight is 362 g/mol. The molecule has 3 rings (SSSR count). The van der Waals surface area contributed by atoms with Gasteiger partial charge in [0.25, 0.3) is 0 Å². The summed E-state index contributed by atoms with van der Waals surface area (Å²) in [6.45, 7) is 5.17. The third-order valence-electron chi connectivity index (χ3n) is 4.39. The fraction of sp³-hybridized carbons (Fsp3) is 0.273. The van der Waals surface area contributed by atoms with Crippen LogP contribution in [0, 0.1) is 0 Å². The highest BCUT2D eigenvalue weighted by atomic mass is 16.5. The Balaban J connectivity index is 1.60. The standard InChI is InChI=1S/C22H26N4O/c1-16(2)19-6-4-5-7-20(19)26-22-14-21(24-15-25-22)23-13-12-17-8-10-18(27-3)11-9-17/h4-11,14-16H,12-13H2,1-3H3,(H2,23,24,25,26). The highest BCUT2D eigenvalue weighted by Gasteiger charge is 2.07. The van der Waals surface area contributed by atoms with E-state index in [-0.39, 0.29) is 0 Å². The Morgan fingerprint density at radius 3 is 2.44 bits per heavy atom. The quantitative estimate of drug-likeness (QED) is 0.590. The molecule has 0 saturated carbocycles. The van der Waals surface area contributed by atoms with Gasteiger partial charge in [-0.25, -0.2) is 9.97 Å². The lowest BCUT2D eigenvalue weighted by molar-refractivity contribution is 0.414. The lowest BCUT2D eigenvalue weighted by atomic mass is 10.0. The van der Waals surface area contributed by atoms with Gasteiger partial charge in [0.15, 0.2) is 0 Å². The van der Waals surface area contributed by atoms with Crippen LogP contribution in [0.5, 0.6) is 5.75 Å². The van der Waals surface area contributed by atoms with Crippen LogP contribution in [0.3, 0.4) is 0 Å². The maximum absolute atomic E-state index is 5.19. The van der Waals surface area contributed by atoms with Gasteiger partial charge in [0.1, 0.15) is 23.7 Å². The Kier molecular flexibility index (Phi) is 6.26. The molecule has 140 valence electrons. The molecule has 27 heavy (non-hydrogen) atoms. The van der Waals surface area contributed by atoms with Crippen molar-refractivity contribution in [2.45, 2.75) is 26.2 Å². The lowest BCUT2D eigenvalue weighted by Gasteiger charge is -2.14. The van der Waals surface area contributed by atoms with E-state index in [0.717, 1.165) is 36.0 Å². The fourth-order valence-electron chi connectivity index (χ4n) is 2.90. The Bertz CT molecular complexity index is 862. The molecular weight excluding hydrogens is 336 g/mol. The molecule has 0 atom stereocenters. The first-order valence-electron chi connectivity index (χ1n) is 9.20. The van der Waals surface area contributed by atoms with Crippen molar-refractivity contribution in [2.75, 3.05) is 24.3 Å². The first-order valence-corrected chi connectivity index (χ1v) is 9.20. The third-order valence-corrected chi connectivity index (χ3v) is 4.39. The molecule has 0 aliphatic rings. The molecule has 2 N–H and O–H groups in total. The zero-order chi connectivity index (χ0) is 19.1. The maximum atomic E-state index is 5.19. The Morgan fingerprint density at radius 2 is 1.70 bits per heavy atom. The molecule has 5 heteroatoms. The molecule has 3 aromatic rings. The Labute approximate surface area is 160 Å². The number of methoxy groups -OCH3 is 1. The SMILES string of the molecule is COc1ccc(CCNc2cc(Nc3ccccc3C(C)C)ncn2)cc1. The summed E-state index contributed by atoms with van der Waals surface area (Å²) in [7, 11) is 1.68. The van der Waals surface area contributed by atoms with E-state index in [1.165, 1.54) is 11.1 Å². The zero-order valence-corrected chi connectivity index (χ0v) is 16.1. The van der Waals surface area contributed by atoms with Gasteiger partial charge in [0.2, 0.25) is 0 Å². The van der Waals surface area contributed by atoms with E-state index in [2.05, 4.69) is 64.8 Å². The smallest absolute Gasteiger partial charge is 0.135 e. The molecule has 5 nitrogen and oxygen atoms in total. The highest BCUT2D eigenvalue weighted by molar-refractivity contribution is 5.63. The number of anilines is 3. The minimum absolute atomic E-state index is 0.442. The van der Waals surface area contributed by atoms with Gasteiger partial charge < -0.3 is 15.4 Å². The van der Waals surface area contributed by atoms with Crippen LogP contribution in [0.4, 0.5) is 17.3 Å². The molecule has 0 saturated heterocycles. The number of hydrogen-bond donors (Lipinski definition) is 2. The van der Waals surface area contributed by atoms with E-state index >= 15 is 0 Å². The Morgan fingerprint density at radius 1 is 0.963 bits per heavy atom. The second-order valence-electron chi connectivity index (χ2n) is 6.68. The number of ether oxygens (including phenoxy) is 1. The lowest BCUT2D eigenvalue weighted by Crippen LogP contribution is -2.07. The molecule has 0 amide bonds. The summed E-state index contributed by atoms with van der Waals surface area (Å²) >= 11 is 0. The number of para-hydroxylation sites is 1. The van der Waals surface area contributed by atoms with Crippen molar-refractivity contribution in [1.29, 1.82) is 0 Å². The van der Waals surface area contributed by atoms with Crippen LogP contribution >= 0.6 is 0 Å². The van der Waals surface area contributed by atoms with Crippen molar-refractivity contribution in [2.24, 2.45) is 0 Å². The topological polar surface area (TPSA) is 59.1 Å².